The molecule has 1 heterocycles. The quantitative estimate of drug-likeness (QED) is 0.340. The molecular formula is C19H35NO9P. The maximum atomic E-state index is 12.6. The lowest BCUT2D eigenvalue weighted by atomic mass is 9.87. The maximum Gasteiger partial charge on any atom is 0.381 e. The van der Waals surface area contributed by atoms with Crippen molar-refractivity contribution in [2.24, 2.45) is 10.8 Å². The fourth-order valence-electron chi connectivity index (χ4n) is 2.24. The second kappa shape index (κ2) is 9.87. The van der Waals surface area contributed by atoms with Crippen LogP contribution in [0.3, 0.4) is 0 Å². The number of rotatable bonds is 7. The van der Waals surface area contributed by atoms with Gasteiger partial charge in [-0.25, -0.2) is 0 Å². The first-order valence-corrected chi connectivity index (χ1v) is 11.2. The molecule has 0 aliphatic carbocycles. The van der Waals surface area contributed by atoms with E-state index in [2.05, 4.69) is 5.32 Å². The lowest BCUT2D eigenvalue weighted by molar-refractivity contribution is -0.165. The van der Waals surface area contributed by atoms with Gasteiger partial charge in [0.15, 0.2) is 6.10 Å². The summed E-state index contributed by atoms with van der Waals surface area (Å²) in [5, 5.41) is 2.60. The zero-order valence-corrected chi connectivity index (χ0v) is 20.0. The predicted octanol–water partition coefficient (Wildman–Crippen LogP) is 2.51. The van der Waals surface area contributed by atoms with Gasteiger partial charge >= 0.3 is 20.1 Å². The number of ether oxygens (including phenoxy) is 2. The molecule has 2 N–H and O–H groups in total. The summed E-state index contributed by atoms with van der Waals surface area (Å²) in [5.74, 6) is -1.49. The molecule has 175 valence electrons. The highest BCUT2D eigenvalue weighted by molar-refractivity contribution is 7.55. The van der Waals surface area contributed by atoms with E-state index in [0.29, 0.717) is 0 Å². The topological polar surface area (TPSA) is 130 Å². The first kappa shape index (κ1) is 26.7. The highest BCUT2D eigenvalue weighted by atomic mass is 31.2. The Morgan fingerprint density at radius 1 is 1.17 bits per heavy atom. The summed E-state index contributed by atoms with van der Waals surface area (Å²) in [6.07, 6.45) is -1.10. The van der Waals surface area contributed by atoms with Crippen LogP contribution in [-0.4, -0.2) is 54.4 Å². The molecule has 0 aromatic rings. The number of amides is 1. The van der Waals surface area contributed by atoms with Gasteiger partial charge in [0.25, 0.3) is 0 Å². The Labute approximate surface area is 178 Å². The smallest absolute Gasteiger partial charge is 0.381 e. The summed E-state index contributed by atoms with van der Waals surface area (Å²) in [7, 11) is -3.87. The van der Waals surface area contributed by atoms with Crippen molar-refractivity contribution in [3.05, 3.63) is 0 Å². The molecule has 0 aromatic heterocycles. The fourth-order valence-corrected chi connectivity index (χ4v) is 3.76. The zero-order chi connectivity index (χ0) is 23.4. The largest absolute Gasteiger partial charge is 0.460 e. The number of hydrogen-bond donors (Lipinski definition) is 2. The van der Waals surface area contributed by atoms with Crippen LogP contribution in [0.25, 0.3) is 0 Å². The Balaban J connectivity index is 2.61. The van der Waals surface area contributed by atoms with Crippen molar-refractivity contribution in [3.63, 3.8) is 0 Å². The Morgan fingerprint density at radius 3 is 2.30 bits per heavy atom. The molecule has 1 saturated heterocycles. The Kier molecular flexibility index (Phi) is 8.79. The number of carbonyl (C=O) groups excluding carboxylic acids is 3. The molecule has 0 aromatic carbocycles. The van der Waals surface area contributed by atoms with Gasteiger partial charge in [-0.2, -0.15) is 0 Å². The summed E-state index contributed by atoms with van der Waals surface area (Å²) in [6, 6.07) is 0. The Bertz CT molecular complexity index is 639. The molecule has 1 unspecified atom stereocenters. The zero-order valence-electron chi connectivity index (χ0n) is 19.1. The first-order chi connectivity index (χ1) is 13.5. The van der Waals surface area contributed by atoms with Crippen LogP contribution in [0.15, 0.2) is 0 Å². The molecule has 0 spiro atoms. The third-order valence-corrected chi connectivity index (χ3v) is 5.22. The molecule has 0 saturated carbocycles. The molecule has 1 aliphatic rings. The molecule has 30 heavy (non-hydrogen) atoms. The maximum absolute atomic E-state index is 12.6. The minimum Gasteiger partial charge on any atom is -0.460 e. The second-order valence-electron chi connectivity index (χ2n) is 9.77. The van der Waals surface area contributed by atoms with Crippen molar-refractivity contribution in [1.82, 2.24) is 5.32 Å². The van der Waals surface area contributed by atoms with E-state index in [-0.39, 0.29) is 19.6 Å². The predicted molar refractivity (Wildman–Crippen MR) is 109 cm³/mol. The first-order valence-electron chi connectivity index (χ1n) is 9.71. The molecular weight excluding hydrogens is 417 g/mol. The Morgan fingerprint density at radius 2 is 1.77 bits per heavy atom. The van der Waals surface area contributed by atoms with E-state index in [1.54, 1.807) is 55.4 Å². The molecule has 11 heteroatoms. The van der Waals surface area contributed by atoms with Crippen LogP contribution in [0.2, 0.25) is 0 Å². The second-order valence-corrected chi connectivity index (χ2v) is 11.4. The number of hydrogen-bond acceptors (Lipinski definition) is 9. The van der Waals surface area contributed by atoms with Crippen LogP contribution >= 0.6 is 8.17 Å². The van der Waals surface area contributed by atoms with Crippen LogP contribution in [0, 0.1) is 10.8 Å². The van der Waals surface area contributed by atoms with Crippen LogP contribution < -0.4 is 5.32 Å². The standard InChI is InChI=1S/C19H35NO9P/c1-17(2,3)16(23)25-12-27-30(24)26-11-19(7,8)14(29-30)15(22)20-10-9-13(21)28-18(4,5)6/h14,24H,9-12H2,1-8H3,(H,20,22)/t14-/m0/s1. The van der Waals surface area contributed by atoms with Crippen molar-refractivity contribution in [2.75, 3.05) is 19.9 Å². The minimum atomic E-state index is -3.87. The third kappa shape index (κ3) is 8.81. The van der Waals surface area contributed by atoms with Crippen molar-refractivity contribution in [2.45, 2.75) is 73.5 Å². The van der Waals surface area contributed by atoms with Gasteiger partial charge in [-0.15, -0.1) is 0 Å². The highest BCUT2D eigenvalue weighted by Crippen LogP contribution is 2.63. The van der Waals surface area contributed by atoms with Crippen LogP contribution in [0.5, 0.6) is 0 Å². The van der Waals surface area contributed by atoms with Crippen molar-refractivity contribution in [1.29, 1.82) is 0 Å². The van der Waals surface area contributed by atoms with Crippen LogP contribution in [0.4, 0.5) is 0 Å². The van der Waals surface area contributed by atoms with E-state index in [1.165, 1.54) is 0 Å². The van der Waals surface area contributed by atoms with Gasteiger partial charge in [-0.05, 0) is 41.5 Å². The normalized spacial score (nSPS) is 24.1. The molecule has 1 rings (SSSR count). The summed E-state index contributed by atoms with van der Waals surface area (Å²) < 4.78 is 26.0. The molecule has 0 bridgehead atoms. The van der Waals surface area contributed by atoms with E-state index < -0.39 is 55.3 Å². The Hall–Kier alpha value is -1.32. The average molecular weight is 452 g/mol. The van der Waals surface area contributed by atoms with Gasteiger partial charge in [0.05, 0.1) is 18.4 Å². The van der Waals surface area contributed by atoms with Gasteiger partial charge in [-0.3, -0.25) is 28.0 Å². The third-order valence-electron chi connectivity index (χ3n) is 3.85. The van der Waals surface area contributed by atoms with Crippen molar-refractivity contribution in [3.8, 4) is 0 Å². The van der Waals surface area contributed by atoms with E-state index in [4.69, 9.17) is 23.0 Å². The summed E-state index contributed by atoms with van der Waals surface area (Å²) in [4.78, 5) is 46.6. The van der Waals surface area contributed by atoms with Gasteiger partial charge < -0.3 is 19.7 Å². The van der Waals surface area contributed by atoms with E-state index in [1.807, 2.05) is 0 Å². The summed E-state index contributed by atoms with van der Waals surface area (Å²) in [5.41, 5.74) is -2.12. The van der Waals surface area contributed by atoms with Crippen molar-refractivity contribution < 1.29 is 42.3 Å². The van der Waals surface area contributed by atoms with E-state index in [0.717, 1.165) is 0 Å². The molecule has 1 fully saturated rings. The van der Waals surface area contributed by atoms with Gasteiger partial charge in [0, 0.05) is 12.0 Å². The van der Waals surface area contributed by atoms with E-state index in [9.17, 15) is 19.3 Å². The monoisotopic (exact) mass is 452 g/mol. The minimum absolute atomic E-state index is 0.00861. The van der Waals surface area contributed by atoms with Crippen LogP contribution in [-0.2, 0) is 37.4 Å². The van der Waals surface area contributed by atoms with E-state index >= 15 is 0 Å². The van der Waals surface area contributed by atoms with Gasteiger partial charge in [0.2, 0.25) is 12.7 Å². The highest BCUT2D eigenvalue weighted by Gasteiger charge is 2.50. The van der Waals surface area contributed by atoms with Gasteiger partial charge in [-0.1, -0.05) is 13.8 Å². The summed E-state index contributed by atoms with van der Waals surface area (Å²) >= 11 is 0. The molecule has 1 radical (unpaired) electrons. The number of carbonyl (C=O) groups is 3. The molecule has 10 nitrogen and oxygen atoms in total. The SMILES string of the molecule is CC(C)(C)OC(=O)CCNC(=O)[C@@H]1O[P](O)(OCOC(=O)C(C)(C)C)OCC1(C)C. The van der Waals surface area contributed by atoms with Crippen molar-refractivity contribution >= 4 is 26.0 Å². The van der Waals surface area contributed by atoms with Crippen LogP contribution in [0.1, 0.15) is 61.8 Å². The lowest BCUT2D eigenvalue weighted by Gasteiger charge is -2.43. The van der Waals surface area contributed by atoms with Gasteiger partial charge in [0.1, 0.15) is 5.60 Å². The number of nitrogens with one attached hydrogen (secondary N) is 1. The number of esters is 2. The molecule has 2 atom stereocenters. The lowest BCUT2D eigenvalue weighted by Crippen LogP contribution is -2.50. The summed E-state index contributed by atoms with van der Waals surface area (Å²) in [6.45, 7) is 13.2. The fraction of sp³-hybridized carbons (Fsp3) is 0.842. The molecule has 1 aliphatic heterocycles. The molecule has 1 amide bonds. The average Bonchev–Trinajstić information content (AvgIpc) is 2.54.